The van der Waals surface area contributed by atoms with Gasteiger partial charge in [0.05, 0.1) is 6.04 Å². The number of Topliss-reactive ketones (excluding diaryl/α,β-unsaturated/α-hetero) is 1. The molecule has 3 rings (SSSR count). The molecular formula is C24H39N5O5. The van der Waals surface area contributed by atoms with Gasteiger partial charge in [0.1, 0.15) is 12.1 Å². The van der Waals surface area contributed by atoms with E-state index in [-0.39, 0.29) is 23.8 Å². The van der Waals surface area contributed by atoms with Crippen LogP contribution in [-0.2, 0) is 19.2 Å². The third-order valence-corrected chi connectivity index (χ3v) is 7.19. The minimum absolute atomic E-state index is 0.0178. The number of nitrogens with two attached hydrogens (primary N) is 1. The number of hydrogen-bond donors (Lipinski definition) is 4. The van der Waals surface area contributed by atoms with Crippen LogP contribution in [0.2, 0.25) is 0 Å². The van der Waals surface area contributed by atoms with Gasteiger partial charge in [-0.15, -0.1) is 0 Å². The first-order chi connectivity index (χ1) is 15.9. The van der Waals surface area contributed by atoms with Crippen LogP contribution in [-0.4, -0.2) is 65.1 Å². The van der Waals surface area contributed by atoms with Gasteiger partial charge in [-0.25, -0.2) is 4.79 Å². The zero-order valence-corrected chi connectivity index (χ0v) is 20.7. The monoisotopic (exact) mass is 477 g/mol. The summed E-state index contributed by atoms with van der Waals surface area (Å²) in [6.07, 6.45) is 5.38. The van der Waals surface area contributed by atoms with Gasteiger partial charge in [-0.3, -0.25) is 19.2 Å². The van der Waals surface area contributed by atoms with Crippen LogP contribution in [0.25, 0.3) is 0 Å². The molecule has 0 aromatic rings. The van der Waals surface area contributed by atoms with Crippen molar-refractivity contribution in [2.75, 3.05) is 6.54 Å². The number of amides is 5. The standard InChI is InChI=1S/C24H39N5O5/c1-5-7-16(18(30)21(32)26-14-10-11-14)27-20(31)17-15-9-6-8-13(15)12-29(17)22(33)19(24(2,3)4)28-23(25)34/h13-17,19H,5-12H2,1-4H3,(H,26,32)(H,27,31)(H3,25,28,34)/t13-,15-,16-,17-,19+/m0/s1. The van der Waals surface area contributed by atoms with Crippen LogP contribution in [0, 0.1) is 17.3 Å². The molecule has 0 aromatic carbocycles. The van der Waals surface area contributed by atoms with Crippen LogP contribution < -0.4 is 21.7 Å². The van der Waals surface area contributed by atoms with Gasteiger partial charge in [-0.1, -0.05) is 40.5 Å². The van der Waals surface area contributed by atoms with Gasteiger partial charge >= 0.3 is 6.03 Å². The number of urea groups is 1. The summed E-state index contributed by atoms with van der Waals surface area (Å²) in [6.45, 7) is 7.78. The largest absolute Gasteiger partial charge is 0.352 e. The lowest BCUT2D eigenvalue weighted by Crippen LogP contribution is -2.60. The Labute approximate surface area is 201 Å². The van der Waals surface area contributed by atoms with E-state index in [0.29, 0.717) is 19.4 Å². The average Bonchev–Trinajstić information content (AvgIpc) is 3.30. The number of likely N-dealkylation sites (tertiary alicyclic amines) is 1. The van der Waals surface area contributed by atoms with Gasteiger partial charge in [0.2, 0.25) is 17.6 Å². The Morgan fingerprint density at radius 1 is 1.03 bits per heavy atom. The molecule has 34 heavy (non-hydrogen) atoms. The number of rotatable bonds is 9. The summed E-state index contributed by atoms with van der Waals surface area (Å²) in [6, 6.07) is -3.34. The fourth-order valence-corrected chi connectivity index (χ4v) is 5.28. The van der Waals surface area contributed by atoms with Crippen molar-refractivity contribution in [1.29, 1.82) is 0 Å². The Hall–Kier alpha value is -2.65. The number of ketones is 1. The molecule has 5 atom stereocenters. The molecule has 190 valence electrons. The number of carbonyl (C=O) groups excluding carboxylic acids is 5. The van der Waals surface area contributed by atoms with E-state index < -0.39 is 47.2 Å². The second-order valence-electron chi connectivity index (χ2n) is 11.1. The van der Waals surface area contributed by atoms with Crippen LogP contribution in [0.4, 0.5) is 4.79 Å². The predicted molar refractivity (Wildman–Crippen MR) is 125 cm³/mol. The second kappa shape index (κ2) is 10.3. The lowest BCUT2D eigenvalue weighted by molar-refractivity contribution is -0.144. The van der Waals surface area contributed by atoms with Crippen molar-refractivity contribution in [2.24, 2.45) is 23.0 Å². The van der Waals surface area contributed by atoms with Gasteiger partial charge in [0.15, 0.2) is 0 Å². The minimum atomic E-state index is -0.934. The molecule has 10 heteroatoms. The molecule has 0 unspecified atom stereocenters. The molecule has 2 aliphatic carbocycles. The van der Waals surface area contributed by atoms with E-state index >= 15 is 0 Å². The number of carbonyl (C=O) groups is 5. The van der Waals surface area contributed by atoms with Gasteiger partial charge < -0.3 is 26.6 Å². The summed E-state index contributed by atoms with van der Waals surface area (Å²) in [5, 5.41) is 8.04. The van der Waals surface area contributed by atoms with Crippen LogP contribution in [0.5, 0.6) is 0 Å². The Morgan fingerprint density at radius 3 is 2.26 bits per heavy atom. The van der Waals surface area contributed by atoms with Gasteiger partial charge in [-0.05, 0) is 49.4 Å². The van der Waals surface area contributed by atoms with Crippen LogP contribution in [0.1, 0.15) is 72.6 Å². The van der Waals surface area contributed by atoms with Crippen LogP contribution in [0.3, 0.4) is 0 Å². The molecule has 0 bridgehead atoms. The van der Waals surface area contributed by atoms with E-state index in [4.69, 9.17) is 5.73 Å². The van der Waals surface area contributed by atoms with Gasteiger partial charge in [-0.2, -0.15) is 0 Å². The summed E-state index contributed by atoms with van der Waals surface area (Å²) < 4.78 is 0. The van der Waals surface area contributed by atoms with E-state index in [1.165, 1.54) is 0 Å². The fourth-order valence-electron chi connectivity index (χ4n) is 5.28. The second-order valence-corrected chi connectivity index (χ2v) is 11.1. The van der Waals surface area contributed by atoms with Crippen LogP contribution in [0.15, 0.2) is 0 Å². The Bertz CT molecular complexity index is 834. The third-order valence-electron chi connectivity index (χ3n) is 7.19. The highest BCUT2D eigenvalue weighted by Crippen LogP contribution is 2.43. The van der Waals surface area contributed by atoms with Crippen LogP contribution >= 0.6 is 0 Å². The zero-order valence-electron chi connectivity index (χ0n) is 20.7. The van der Waals surface area contributed by atoms with Gasteiger partial charge in [0.25, 0.3) is 5.91 Å². The van der Waals surface area contributed by atoms with Crippen molar-refractivity contribution in [3.8, 4) is 0 Å². The summed E-state index contributed by atoms with van der Waals surface area (Å²) in [4.78, 5) is 65.4. The maximum atomic E-state index is 13.6. The summed E-state index contributed by atoms with van der Waals surface area (Å²) in [5.41, 5.74) is 4.72. The quantitative estimate of drug-likeness (QED) is 0.363. The van der Waals surface area contributed by atoms with Crippen molar-refractivity contribution in [1.82, 2.24) is 20.9 Å². The molecule has 5 amide bonds. The molecule has 0 radical (unpaired) electrons. The number of primary amides is 1. The molecule has 5 N–H and O–H groups in total. The Balaban J connectivity index is 1.80. The smallest absolute Gasteiger partial charge is 0.312 e. The molecule has 0 spiro atoms. The SMILES string of the molecule is CCC[C@H](NC(=O)[C@@H]1[C@H]2CCC[C@H]2CN1C(=O)[C@@H](NC(N)=O)C(C)(C)C)C(=O)C(=O)NC1CC1. The predicted octanol–water partition coefficient (Wildman–Crippen LogP) is 0.829. The molecule has 3 aliphatic rings. The van der Waals surface area contributed by atoms with E-state index in [0.717, 1.165) is 32.1 Å². The first-order valence-electron chi connectivity index (χ1n) is 12.5. The molecule has 3 fully saturated rings. The highest BCUT2D eigenvalue weighted by Gasteiger charge is 2.52. The molecule has 10 nitrogen and oxygen atoms in total. The van der Waals surface area contributed by atoms with Gasteiger partial charge in [0, 0.05) is 12.6 Å². The Kier molecular flexibility index (Phi) is 7.88. The Morgan fingerprint density at radius 2 is 1.71 bits per heavy atom. The maximum Gasteiger partial charge on any atom is 0.312 e. The molecular weight excluding hydrogens is 438 g/mol. The highest BCUT2D eigenvalue weighted by atomic mass is 16.2. The maximum absolute atomic E-state index is 13.6. The van der Waals surface area contributed by atoms with E-state index in [9.17, 15) is 24.0 Å². The zero-order chi connectivity index (χ0) is 25.2. The summed E-state index contributed by atoms with van der Waals surface area (Å²) in [7, 11) is 0. The average molecular weight is 478 g/mol. The van der Waals surface area contributed by atoms with Crippen molar-refractivity contribution in [3.63, 3.8) is 0 Å². The van der Waals surface area contributed by atoms with E-state index in [1.54, 1.807) is 4.90 Å². The number of nitrogens with one attached hydrogen (secondary N) is 3. The third kappa shape index (κ3) is 5.88. The minimum Gasteiger partial charge on any atom is -0.352 e. The lowest BCUT2D eigenvalue weighted by Gasteiger charge is -2.36. The van der Waals surface area contributed by atoms with E-state index in [2.05, 4.69) is 16.0 Å². The number of nitrogens with zero attached hydrogens (tertiary/aromatic N) is 1. The normalized spacial score (nSPS) is 25.8. The highest BCUT2D eigenvalue weighted by molar-refractivity contribution is 6.38. The fraction of sp³-hybridized carbons (Fsp3) is 0.792. The molecule has 0 aromatic heterocycles. The summed E-state index contributed by atoms with van der Waals surface area (Å²) in [5.74, 6) is -1.92. The summed E-state index contributed by atoms with van der Waals surface area (Å²) >= 11 is 0. The number of fused-ring (bicyclic) bond motifs is 1. The first-order valence-corrected chi connectivity index (χ1v) is 12.5. The molecule has 2 saturated carbocycles. The lowest BCUT2D eigenvalue weighted by atomic mass is 9.85. The molecule has 1 saturated heterocycles. The molecule has 1 heterocycles. The molecule has 1 aliphatic heterocycles. The first kappa shape index (κ1) is 26.0. The topological polar surface area (TPSA) is 151 Å². The van der Waals surface area contributed by atoms with E-state index in [1.807, 2.05) is 27.7 Å². The van der Waals surface area contributed by atoms with Crippen molar-refractivity contribution in [2.45, 2.75) is 96.8 Å². The van der Waals surface area contributed by atoms with Crippen molar-refractivity contribution < 1.29 is 24.0 Å². The number of hydrogen-bond acceptors (Lipinski definition) is 5. The van der Waals surface area contributed by atoms with Crippen molar-refractivity contribution >= 4 is 29.5 Å². The van der Waals surface area contributed by atoms with Crippen molar-refractivity contribution in [3.05, 3.63) is 0 Å².